The van der Waals surface area contributed by atoms with Crippen molar-refractivity contribution in [2.45, 2.75) is 13.3 Å². The van der Waals surface area contributed by atoms with Gasteiger partial charge in [-0.1, -0.05) is 18.2 Å². The molecular formula is C21H18FN3OS. The number of amides is 1. The maximum absolute atomic E-state index is 13.6. The third-order valence-electron chi connectivity index (χ3n) is 4.49. The molecule has 2 aromatic carbocycles. The zero-order valence-corrected chi connectivity index (χ0v) is 15.6. The lowest BCUT2D eigenvalue weighted by Gasteiger charge is -2.08. The molecular weight excluding hydrogens is 361 g/mol. The Morgan fingerprint density at radius 2 is 2.11 bits per heavy atom. The van der Waals surface area contributed by atoms with Crippen molar-refractivity contribution >= 4 is 28.1 Å². The Kier molecular flexibility index (Phi) is 4.73. The van der Waals surface area contributed by atoms with Crippen molar-refractivity contribution in [1.82, 2.24) is 15.5 Å². The monoisotopic (exact) mass is 379 g/mol. The van der Waals surface area contributed by atoms with E-state index in [-0.39, 0.29) is 11.7 Å². The number of nitrogens with zero attached hydrogens (tertiary/aromatic N) is 1. The molecule has 0 fully saturated rings. The van der Waals surface area contributed by atoms with Gasteiger partial charge in [0.25, 0.3) is 5.91 Å². The average Bonchev–Trinajstić information content (AvgIpc) is 3.30. The van der Waals surface area contributed by atoms with Crippen molar-refractivity contribution < 1.29 is 9.18 Å². The minimum absolute atomic E-state index is 0.114. The minimum atomic E-state index is -0.317. The number of H-pyrrole nitrogens is 1. The molecule has 2 N–H and O–H groups in total. The number of benzene rings is 2. The maximum Gasteiger partial charge on any atom is 0.251 e. The van der Waals surface area contributed by atoms with Gasteiger partial charge >= 0.3 is 0 Å². The predicted octanol–water partition coefficient (Wildman–Crippen LogP) is 4.71. The van der Waals surface area contributed by atoms with Crippen LogP contribution in [-0.4, -0.2) is 22.6 Å². The lowest BCUT2D eigenvalue weighted by molar-refractivity contribution is 0.0953. The first kappa shape index (κ1) is 17.4. The van der Waals surface area contributed by atoms with E-state index < -0.39 is 0 Å². The van der Waals surface area contributed by atoms with Crippen LogP contribution >= 0.6 is 11.3 Å². The van der Waals surface area contributed by atoms with E-state index in [2.05, 4.69) is 21.6 Å². The zero-order chi connectivity index (χ0) is 18.8. The van der Waals surface area contributed by atoms with E-state index in [0.29, 0.717) is 23.4 Å². The fourth-order valence-electron chi connectivity index (χ4n) is 3.12. The Morgan fingerprint density at radius 1 is 1.22 bits per heavy atom. The van der Waals surface area contributed by atoms with Crippen LogP contribution < -0.4 is 5.32 Å². The molecule has 0 radical (unpaired) electrons. The van der Waals surface area contributed by atoms with Crippen LogP contribution in [-0.2, 0) is 6.42 Å². The van der Waals surface area contributed by atoms with E-state index in [1.165, 1.54) is 17.0 Å². The van der Waals surface area contributed by atoms with Gasteiger partial charge in [0.05, 0.1) is 5.52 Å². The Labute approximate surface area is 160 Å². The fraction of sp³-hybridized carbons (Fsp3) is 0.143. The van der Waals surface area contributed by atoms with Crippen molar-refractivity contribution in [2.24, 2.45) is 0 Å². The van der Waals surface area contributed by atoms with E-state index in [9.17, 15) is 9.18 Å². The van der Waals surface area contributed by atoms with Gasteiger partial charge in [0.1, 0.15) is 11.5 Å². The van der Waals surface area contributed by atoms with Crippen LogP contribution in [0.4, 0.5) is 4.39 Å². The quantitative estimate of drug-likeness (QED) is 0.527. The summed E-state index contributed by atoms with van der Waals surface area (Å²) in [5.74, 6) is -0.431. The fourth-order valence-corrected chi connectivity index (χ4v) is 3.83. The van der Waals surface area contributed by atoms with Crippen LogP contribution in [0.1, 0.15) is 20.8 Å². The minimum Gasteiger partial charge on any atom is -0.352 e. The largest absolute Gasteiger partial charge is 0.352 e. The van der Waals surface area contributed by atoms with Crippen LogP contribution in [0, 0.1) is 12.7 Å². The molecule has 4 nitrogen and oxygen atoms in total. The molecule has 0 bridgehead atoms. The maximum atomic E-state index is 13.6. The zero-order valence-electron chi connectivity index (χ0n) is 14.8. The summed E-state index contributed by atoms with van der Waals surface area (Å²) in [6.45, 7) is 2.48. The number of hydrogen-bond acceptors (Lipinski definition) is 3. The number of thiophene rings is 1. The van der Waals surface area contributed by atoms with Gasteiger partial charge in [-0.2, -0.15) is 5.10 Å². The first-order chi connectivity index (χ1) is 13.1. The Balaban J connectivity index is 1.61. The molecule has 27 heavy (non-hydrogen) atoms. The molecule has 1 amide bonds. The van der Waals surface area contributed by atoms with Gasteiger partial charge in [-0.05, 0) is 54.6 Å². The summed E-state index contributed by atoms with van der Waals surface area (Å²) < 4.78 is 13.6. The van der Waals surface area contributed by atoms with Gasteiger partial charge in [0.15, 0.2) is 0 Å². The number of hydrogen-bond donors (Lipinski definition) is 2. The Morgan fingerprint density at radius 3 is 2.89 bits per heavy atom. The van der Waals surface area contributed by atoms with E-state index >= 15 is 0 Å². The molecule has 4 rings (SSSR count). The molecule has 2 heterocycles. The molecule has 2 aromatic heterocycles. The van der Waals surface area contributed by atoms with E-state index in [1.807, 2.05) is 30.5 Å². The third-order valence-corrected chi connectivity index (χ3v) is 5.42. The SMILES string of the molecule is Cc1cc2[nH]nc(-c3cccc(F)c3)c2cc1C(=O)NCCc1cccs1. The number of carbonyl (C=O) groups excluding carboxylic acids is 1. The second-order valence-electron chi connectivity index (χ2n) is 6.38. The molecule has 0 aliphatic carbocycles. The molecule has 0 aliphatic heterocycles. The molecule has 0 saturated carbocycles. The van der Waals surface area contributed by atoms with Crippen molar-refractivity contribution in [1.29, 1.82) is 0 Å². The molecule has 0 spiro atoms. The van der Waals surface area contributed by atoms with E-state index in [1.54, 1.807) is 23.5 Å². The number of rotatable bonds is 5. The molecule has 0 saturated heterocycles. The van der Waals surface area contributed by atoms with Gasteiger partial charge in [0, 0.05) is 27.9 Å². The molecule has 4 aromatic rings. The van der Waals surface area contributed by atoms with Gasteiger partial charge in [-0.3, -0.25) is 9.89 Å². The number of halogens is 1. The van der Waals surface area contributed by atoms with Crippen LogP contribution in [0.3, 0.4) is 0 Å². The summed E-state index contributed by atoms with van der Waals surface area (Å²) in [7, 11) is 0. The summed E-state index contributed by atoms with van der Waals surface area (Å²) in [5, 5.41) is 13.1. The first-order valence-corrected chi connectivity index (χ1v) is 9.55. The highest BCUT2D eigenvalue weighted by Gasteiger charge is 2.15. The third kappa shape index (κ3) is 3.61. The Hall–Kier alpha value is -2.99. The van der Waals surface area contributed by atoms with Crippen LogP contribution in [0.2, 0.25) is 0 Å². The van der Waals surface area contributed by atoms with Crippen LogP contribution in [0.15, 0.2) is 53.9 Å². The van der Waals surface area contributed by atoms with E-state index in [0.717, 1.165) is 22.9 Å². The van der Waals surface area contributed by atoms with Gasteiger partial charge in [-0.25, -0.2) is 4.39 Å². The number of aromatic nitrogens is 2. The summed E-state index contributed by atoms with van der Waals surface area (Å²) >= 11 is 1.68. The van der Waals surface area contributed by atoms with Crippen LogP contribution in [0.25, 0.3) is 22.2 Å². The van der Waals surface area contributed by atoms with Crippen LogP contribution in [0.5, 0.6) is 0 Å². The average molecular weight is 379 g/mol. The molecule has 136 valence electrons. The molecule has 0 unspecified atom stereocenters. The lowest BCUT2D eigenvalue weighted by Crippen LogP contribution is -2.26. The predicted molar refractivity (Wildman–Crippen MR) is 107 cm³/mol. The number of fused-ring (bicyclic) bond motifs is 1. The number of carbonyl (C=O) groups is 1. The van der Waals surface area contributed by atoms with Gasteiger partial charge in [-0.15, -0.1) is 11.3 Å². The standard InChI is InChI=1S/C21H18FN3OS/c1-13-10-19-18(20(25-24-19)14-4-2-5-15(22)11-14)12-17(13)21(26)23-8-7-16-6-3-9-27-16/h2-6,9-12H,7-8H2,1H3,(H,23,26)(H,24,25). The van der Waals surface area contributed by atoms with Crippen molar-refractivity contribution in [3.05, 3.63) is 75.7 Å². The first-order valence-electron chi connectivity index (χ1n) is 8.67. The van der Waals surface area contributed by atoms with Gasteiger partial charge in [0.2, 0.25) is 0 Å². The molecule has 0 aliphatic rings. The summed E-state index contributed by atoms with van der Waals surface area (Å²) in [5.41, 5.74) is 3.60. The van der Waals surface area contributed by atoms with E-state index in [4.69, 9.17) is 0 Å². The second-order valence-corrected chi connectivity index (χ2v) is 7.41. The summed E-state index contributed by atoms with van der Waals surface area (Å²) in [6, 6.07) is 14.1. The molecule has 0 atom stereocenters. The number of nitrogens with one attached hydrogen (secondary N) is 2. The number of aryl methyl sites for hydroxylation is 1. The molecule has 6 heteroatoms. The van der Waals surface area contributed by atoms with Crippen molar-refractivity contribution in [3.63, 3.8) is 0 Å². The highest BCUT2D eigenvalue weighted by atomic mass is 32.1. The van der Waals surface area contributed by atoms with Crippen molar-refractivity contribution in [3.8, 4) is 11.3 Å². The summed E-state index contributed by atoms with van der Waals surface area (Å²) in [6.07, 6.45) is 0.810. The number of aromatic amines is 1. The smallest absolute Gasteiger partial charge is 0.251 e. The highest BCUT2D eigenvalue weighted by Crippen LogP contribution is 2.29. The summed E-state index contributed by atoms with van der Waals surface area (Å²) in [4.78, 5) is 13.9. The second kappa shape index (κ2) is 7.32. The van der Waals surface area contributed by atoms with Gasteiger partial charge < -0.3 is 5.32 Å². The van der Waals surface area contributed by atoms with Crippen molar-refractivity contribution in [2.75, 3.05) is 6.54 Å². The topological polar surface area (TPSA) is 57.8 Å². The normalized spacial score (nSPS) is 11.0. The highest BCUT2D eigenvalue weighted by molar-refractivity contribution is 7.09. The lowest BCUT2D eigenvalue weighted by atomic mass is 10.0. The Bertz CT molecular complexity index is 1100.